The summed E-state index contributed by atoms with van der Waals surface area (Å²) in [7, 11) is 0. The molecular weight excluding hydrogens is 222 g/mol. The zero-order valence-electron chi connectivity index (χ0n) is 11.9. The Morgan fingerprint density at radius 2 is 1.29 bits per heavy atom. The minimum atomic E-state index is -0.920. The van der Waals surface area contributed by atoms with E-state index < -0.39 is 5.97 Å². The van der Waals surface area contributed by atoms with Crippen molar-refractivity contribution < 1.29 is 20.1 Å². The molecule has 0 rings (SSSR count). The summed E-state index contributed by atoms with van der Waals surface area (Å²) in [6.45, 7) is 6.00. The number of carbonyl (C=O) groups excluding carboxylic acids is 1. The van der Waals surface area contributed by atoms with E-state index in [-0.39, 0.29) is 25.8 Å². The van der Waals surface area contributed by atoms with Crippen molar-refractivity contribution in [3.8, 4) is 0 Å². The van der Waals surface area contributed by atoms with Crippen LogP contribution in [0.2, 0.25) is 0 Å². The lowest BCUT2D eigenvalue weighted by molar-refractivity contribution is -0.305. The van der Waals surface area contributed by atoms with Crippen LogP contribution in [0.1, 0.15) is 59.3 Å². The van der Waals surface area contributed by atoms with Crippen LogP contribution in [0.25, 0.3) is 0 Å². The van der Waals surface area contributed by atoms with E-state index in [2.05, 4.69) is 6.92 Å². The molecule has 0 saturated heterocycles. The first-order valence-electron chi connectivity index (χ1n) is 6.02. The number of unbranched alkanes of at least 4 members (excludes halogenated alkanes) is 4. The van der Waals surface area contributed by atoms with E-state index in [9.17, 15) is 9.90 Å². The monoisotopic (exact) mass is 253 g/mol. The molecule has 0 aromatic carbocycles. The third-order valence-electron chi connectivity index (χ3n) is 1.48. The van der Waals surface area contributed by atoms with Crippen molar-refractivity contribution in [3.63, 3.8) is 0 Å². The molecule has 0 saturated carbocycles. The quantitative estimate of drug-likeness (QED) is 0.621. The standard InChI is InChI=1S/C8H16O2.2C2H6O.H3N/c1-2-3-4-5-6-7-8(9)10;2*1-2-3;/h2-7H2,1H3,(H,9,10);2*3H,2H2,1H3;1H3. The first-order valence-corrected chi connectivity index (χ1v) is 6.02. The van der Waals surface area contributed by atoms with Crippen LogP contribution >= 0.6 is 0 Å². The molecule has 108 valence electrons. The van der Waals surface area contributed by atoms with Gasteiger partial charge < -0.3 is 26.3 Å². The van der Waals surface area contributed by atoms with Gasteiger partial charge in [-0.15, -0.1) is 0 Å². The van der Waals surface area contributed by atoms with Gasteiger partial charge in [0.1, 0.15) is 0 Å². The second kappa shape index (κ2) is 29.5. The average Bonchev–Trinajstić information content (AvgIpc) is 2.19. The molecule has 0 aliphatic rings. The number of rotatable bonds is 6. The summed E-state index contributed by atoms with van der Waals surface area (Å²) in [5.41, 5.74) is 0. The highest BCUT2D eigenvalue weighted by Gasteiger charge is 1.88. The zero-order valence-corrected chi connectivity index (χ0v) is 11.9. The molecule has 5 heteroatoms. The van der Waals surface area contributed by atoms with Crippen LogP contribution in [0.4, 0.5) is 0 Å². The van der Waals surface area contributed by atoms with E-state index >= 15 is 0 Å². The topological polar surface area (TPSA) is 117 Å². The molecule has 0 aromatic heterocycles. The maximum absolute atomic E-state index is 9.92. The Hall–Kier alpha value is -0.650. The van der Waals surface area contributed by atoms with Crippen molar-refractivity contribution in [1.82, 2.24) is 6.15 Å². The van der Waals surface area contributed by atoms with E-state index in [1.807, 2.05) is 0 Å². The third kappa shape index (κ3) is 67.8. The first kappa shape index (κ1) is 25.3. The molecule has 0 bridgehead atoms. The molecule has 6 N–H and O–H groups in total. The molecule has 17 heavy (non-hydrogen) atoms. The summed E-state index contributed by atoms with van der Waals surface area (Å²) in [5.74, 6) is -0.920. The lowest BCUT2D eigenvalue weighted by Gasteiger charge is -2.00. The molecular formula is C12H31NO4. The smallest absolute Gasteiger partial charge is 0.0414 e. The van der Waals surface area contributed by atoms with Crippen molar-refractivity contribution >= 4 is 5.97 Å². The third-order valence-corrected chi connectivity index (χ3v) is 1.48. The Kier molecular flexibility index (Phi) is 43.8. The maximum Gasteiger partial charge on any atom is 0.0414 e. The molecule has 0 fully saturated rings. The van der Waals surface area contributed by atoms with Crippen LogP contribution < -0.4 is 11.3 Å². The number of carboxylic acid groups (broad SMARTS) is 1. The minimum Gasteiger partial charge on any atom is -0.550 e. The number of hydrogen-bond donors (Lipinski definition) is 3. The highest BCUT2D eigenvalue weighted by atomic mass is 16.4. The molecule has 0 aliphatic carbocycles. The number of carboxylic acids is 1. The SMILES string of the molecule is CCCCCCCC(=O)[O-].CCO.CCO.[NH4+]. The normalized spacial score (nSPS) is 7.82. The van der Waals surface area contributed by atoms with Gasteiger partial charge >= 0.3 is 0 Å². The molecule has 0 amide bonds. The predicted molar refractivity (Wildman–Crippen MR) is 69.9 cm³/mol. The average molecular weight is 253 g/mol. The van der Waals surface area contributed by atoms with Crippen LogP contribution in [-0.4, -0.2) is 29.4 Å². The van der Waals surface area contributed by atoms with Gasteiger partial charge in [-0.2, -0.15) is 0 Å². The Labute approximate surface area is 105 Å². The van der Waals surface area contributed by atoms with Gasteiger partial charge in [-0.25, -0.2) is 0 Å². The molecule has 0 heterocycles. The van der Waals surface area contributed by atoms with Crippen molar-refractivity contribution in [1.29, 1.82) is 0 Å². The second-order valence-electron chi connectivity index (χ2n) is 3.17. The molecule has 0 aliphatic heterocycles. The maximum atomic E-state index is 9.92. The summed E-state index contributed by atoms with van der Waals surface area (Å²) in [6, 6.07) is 0. The van der Waals surface area contributed by atoms with E-state index in [1.165, 1.54) is 12.8 Å². The van der Waals surface area contributed by atoms with E-state index in [0.29, 0.717) is 0 Å². The van der Waals surface area contributed by atoms with Gasteiger partial charge in [-0.1, -0.05) is 32.6 Å². The van der Waals surface area contributed by atoms with Gasteiger partial charge in [0.05, 0.1) is 0 Å². The van der Waals surface area contributed by atoms with Crippen LogP contribution in [0.5, 0.6) is 0 Å². The van der Waals surface area contributed by atoms with Gasteiger partial charge in [0.25, 0.3) is 0 Å². The first-order chi connectivity index (χ1) is 7.60. The van der Waals surface area contributed by atoms with Crippen molar-refractivity contribution in [2.24, 2.45) is 0 Å². The van der Waals surface area contributed by atoms with Gasteiger partial charge in [-0.3, -0.25) is 0 Å². The highest BCUT2D eigenvalue weighted by Crippen LogP contribution is 2.03. The number of quaternary nitrogens is 1. The van der Waals surface area contributed by atoms with Gasteiger partial charge in [0.2, 0.25) is 0 Å². The lowest BCUT2D eigenvalue weighted by Crippen LogP contribution is -2.21. The van der Waals surface area contributed by atoms with Crippen LogP contribution in [-0.2, 0) is 4.79 Å². The Bertz CT molecular complexity index is 119. The van der Waals surface area contributed by atoms with E-state index in [4.69, 9.17) is 10.2 Å². The Balaban J connectivity index is -0.000000102. The van der Waals surface area contributed by atoms with Crippen LogP contribution in [0.3, 0.4) is 0 Å². The summed E-state index contributed by atoms with van der Waals surface area (Å²) in [6.07, 6.45) is 5.61. The molecule has 0 unspecified atom stereocenters. The van der Waals surface area contributed by atoms with E-state index in [1.54, 1.807) is 13.8 Å². The number of aliphatic hydroxyl groups excluding tert-OH is 2. The summed E-state index contributed by atoms with van der Waals surface area (Å²) >= 11 is 0. The number of carbonyl (C=O) groups is 1. The summed E-state index contributed by atoms with van der Waals surface area (Å²) in [4.78, 5) is 9.92. The van der Waals surface area contributed by atoms with E-state index in [0.717, 1.165) is 19.3 Å². The molecule has 0 radical (unpaired) electrons. The van der Waals surface area contributed by atoms with Gasteiger partial charge in [-0.05, 0) is 26.7 Å². The fourth-order valence-electron chi connectivity index (χ4n) is 0.873. The fourth-order valence-corrected chi connectivity index (χ4v) is 0.873. The van der Waals surface area contributed by atoms with Crippen LogP contribution in [0, 0.1) is 0 Å². The molecule has 0 atom stereocenters. The van der Waals surface area contributed by atoms with Gasteiger partial charge in [0.15, 0.2) is 0 Å². The summed E-state index contributed by atoms with van der Waals surface area (Å²) < 4.78 is 0. The number of aliphatic carboxylic acids is 1. The Morgan fingerprint density at radius 3 is 1.59 bits per heavy atom. The minimum absolute atomic E-state index is 0. The van der Waals surface area contributed by atoms with Crippen molar-refractivity contribution in [3.05, 3.63) is 0 Å². The fraction of sp³-hybridized carbons (Fsp3) is 0.917. The molecule has 0 spiro atoms. The predicted octanol–water partition coefficient (Wildman–Crippen LogP) is 1.47. The second-order valence-corrected chi connectivity index (χ2v) is 3.17. The van der Waals surface area contributed by atoms with Crippen LogP contribution in [0.15, 0.2) is 0 Å². The Morgan fingerprint density at radius 1 is 0.941 bits per heavy atom. The number of aliphatic hydroxyl groups is 2. The van der Waals surface area contributed by atoms with Gasteiger partial charge in [0, 0.05) is 19.2 Å². The largest absolute Gasteiger partial charge is 0.550 e. The summed E-state index contributed by atoms with van der Waals surface area (Å²) in [5, 5.41) is 25.1. The van der Waals surface area contributed by atoms with Crippen molar-refractivity contribution in [2.45, 2.75) is 59.3 Å². The lowest BCUT2D eigenvalue weighted by atomic mass is 10.1. The number of hydrogen-bond acceptors (Lipinski definition) is 4. The molecule has 5 nitrogen and oxygen atoms in total. The highest BCUT2D eigenvalue weighted by molar-refractivity contribution is 5.63. The molecule has 0 aromatic rings. The van der Waals surface area contributed by atoms with Crippen molar-refractivity contribution in [2.75, 3.05) is 13.2 Å². The zero-order chi connectivity index (χ0) is 13.2.